The van der Waals surface area contributed by atoms with Crippen molar-refractivity contribution >= 4 is 39.8 Å². The first-order chi connectivity index (χ1) is 11.9. The van der Waals surface area contributed by atoms with Gasteiger partial charge in [0.25, 0.3) is 0 Å². The smallest absolute Gasteiger partial charge is 0.191 e. The van der Waals surface area contributed by atoms with Crippen molar-refractivity contribution in [1.82, 2.24) is 10.6 Å². The molecule has 0 radical (unpaired) electrons. The molecule has 1 aliphatic heterocycles. The van der Waals surface area contributed by atoms with Gasteiger partial charge in [-0.05, 0) is 37.5 Å². The lowest BCUT2D eigenvalue weighted by Gasteiger charge is -2.35. The molecule has 0 atom stereocenters. The second-order valence-corrected chi connectivity index (χ2v) is 8.66. The van der Waals surface area contributed by atoms with Gasteiger partial charge in [0.2, 0.25) is 0 Å². The minimum atomic E-state index is -3.25. The van der Waals surface area contributed by atoms with E-state index in [0.717, 1.165) is 5.56 Å². The number of hydrogen-bond acceptors (Lipinski definition) is 4. The molecule has 0 unspecified atom stereocenters. The van der Waals surface area contributed by atoms with E-state index in [-0.39, 0.29) is 36.3 Å². The number of guanidine groups is 1. The molecule has 0 bridgehead atoms. The predicted molar refractivity (Wildman–Crippen MR) is 112 cm³/mol. The van der Waals surface area contributed by atoms with Crippen molar-refractivity contribution in [3.05, 3.63) is 35.6 Å². The van der Waals surface area contributed by atoms with Crippen LogP contribution in [0.15, 0.2) is 29.3 Å². The Balaban J connectivity index is 0.00000338. The second-order valence-electron chi connectivity index (χ2n) is 6.25. The third-order valence-corrected chi connectivity index (χ3v) is 6.55. The van der Waals surface area contributed by atoms with Crippen LogP contribution >= 0.6 is 24.0 Å². The molecular weight excluding hydrogens is 472 g/mol. The second kappa shape index (κ2) is 10.4. The summed E-state index contributed by atoms with van der Waals surface area (Å²) in [5, 5.41) is 6.23. The molecule has 1 aromatic rings. The van der Waals surface area contributed by atoms with E-state index in [0.29, 0.717) is 45.1 Å². The number of nitrogens with one attached hydrogen (secondary N) is 2. The van der Waals surface area contributed by atoms with Gasteiger partial charge in [0.05, 0.1) is 11.3 Å². The zero-order valence-corrected chi connectivity index (χ0v) is 18.3. The van der Waals surface area contributed by atoms with E-state index in [1.165, 1.54) is 18.4 Å². The van der Waals surface area contributed by atoms with Crippen molar-refractivity contribution in [2.75, 3.05) is 32.6 Å². The standard InChI is InChI=1S/C17H26FN3O3S.HI/c1-3-19-16(20-12-14-5-4-6-15(18)11-14)21-13-17(25(2,22)23)7-9-24-10-8-17;/h4-6,11H,3,7-10,12-13H2,1-2H3,(H2,19,20,21);1H. The molecule has 2 rings (SSSR count). The molecule has 1 aromatic carbocycles. The summed E-state index contributed by atoms with van der Waals surface area (Å²) in [7, 11) is -3.25. The van der Waals surface area contributed by atoms with Gasteiger partial charge in [0, 0.05) is 32.6 Å². The van der Waals surface area contributed by atoms with Gasteiger partial charge in [-0.15, -0.1) is 24.0 Å². The highest BCUT2D eigenvalue weighted by atomic mass is 127. The van der Waals surface area contributed by atoms with Crippen LogP contribution in [-0.2, 0) is 21.1 Å². The fraction of sp³-hybridized carbons (Fsp3) is 0.588. The van der Waals surface area contributed by atoms with E-state index in [4.69, 9.17) is 4.74 Å². The lowest BCUT2D eigenvalue weighted by Crippen LogP contribution is -2.53. The Morgan fingerprint density at radius 3 is 2.58 bits per heavy atom. The third-order valence-electron chi connectivity index (χ3n) is 4.42. The van der Waals surface area contributed by atoms with Crippen molar-refractivity contribution in [3.63, 3.8) is 0 Å². The van der Waals surface area contributed by atoms with Crippen LogP contribution in [-0.4, -0.2) is 51.7 Å². The topological polar surface area (TPSA) is 79.8 Å². The van der Waals surface area contributed by atoms with Crippen molar-refractivity contribution in [2.45, 2.75) is 31.1 Å². The van der Waals surface area contributed by atoms with Gasteiger partial charge in [-0.25, -0.2) is 17.8 Å². The molecule has 9 heteroatoms. The molecule has 148 valence electrons. The highest BCUT2D eigenvalue weighted by Gasteiger charge is 2.42. The number of benzene rings is 1. The van der Waals surface area contributed by atoms with Crippen LogP contribution in [0.2, 0.25) is 0 Å². The molecule has 0 aliphatic carbocycles. The SMILES string of the molecule is CCNC(=NCc1cccc(F)c1)NCC1(S(C)(=O)=O)CCOCC1.I. The molecule has 6 nitrogen and oxygen atoms in total. The first kappa shape index (κ1) is 23.1. The summed E-state index contributed by atoms with van der Waals surface area (Å²) < 4.78 is 42.3. The van der Waals surface area contributed by atoms with Gasteiger partial charge in [-0.2, -0.15) is 0 Å². The van der Waals surface area contributed by atoms with E-state index < -0.39 is 14.6 Å². The molecule has 0 amide bonds. The number of aliphatic imine (C=N–C) groups is 1. The number of rotatable bonds is 6. The minimum absolute atomic E-state index is 0. The summed E-state index contributed by atoms with van der Waals surface area (Å²) in [6.07, 6.45) is 2.20. The Morgan fingerprint density at radius 1 is 1.31 bits per heavy atom. The van der Waals surface area contributed by atoms with E-state index in [9.17, 15) is 12.8 Å². The maximum atomic E-state index is 13.3. The quantitative estimate of drug-likeness (QED) is 0.356. The molecule has 1 aliphatic rings. The van der Waals surface area contributed by atoms with Gasteiger partial charge >= 0.3 is 0 Å². The Labute approximate surface area is 171 Å². The summed E-state index contributed by atoms with van der Waals surface area (Å²) in [5.41, 5.74) is 0.751. The van der Waals surface area contributed by atoms with Crippen LogP contribution < -0.4 is 10.6 Å². The molecule has 1 heterocycles. The first-order valence-electron chi connectivity index (χ1n) is 8.40. The zero-order valence-electron chi connectivity index (χ0n) is 15.1. The molecule has 0 saturated carbocycles. The highest BCUT2D eigenvalue weighted by molar-refractivity contribution is 14.0. The summed E-state index contributed by atoms with van der Waals surface area (Å²) in [5.74, 6) is 0.213. The Hall–Kier alpha value is -0.940. The Morgan fingerprint density at radius 2 is 2.00 bits per heavy atom. The number of sulfone groups is 1. The van der Waals surface area contributed by atoms with E-state index in [1.54, 1.807) is 12.1 Å². The van der Waals surface area contributed by atoms with Crippen molar-refractivity contribution in [3.8, 4) is 0 Å². The maximum absolute atomic E-state index is 13.3. The van der Waals surface area contributed by atoms with E-state index >= 15 is 0 Å². The fourth-order valence-corrected chi connectivity index (χ4v) is 4.06. The highest BCUT2D eigenvalue weighted by Crippen LogP contribution is 2.28. The summed E-state index contributed by atoms with van der Waals surface area (Å²) in [4.78, 5) is 4.42. The van der Waals surface area contributed by atoms with Crippen LogP contribution in [0.4, 0.5) is 4.39 Å². The van der Waals surface area contributed by atoms with Crippen molar-refractivity contribution in [1.29, 1.82) is 0 Å². The molecule has 26 heavy (non-hydrogen) atoms. The third kappa shape index (κ3) is 6.34. The average Bonchev–Trinajstić information content (AvgIpc) is 2.57. The van der Waals surface area contributed by atoms with Gasteiger partial charge in [-0.3, -0.25) is 0 Å². The van der Waals surface area contributed by atoms with Gasteiger partial charge in [0.1, 0.15) is 5.82 Å². The average molecular weight is 499 g/mol. The van der Waals surface area contributed by atoms with E-state index in [1.807, 2.05) is 6.92 Å². The number of ether oxygens (including phenoxy) is 1. The first-order valence-corrected chi connectivity index (χ1v) is 10.3. The zero-order chi connectivity index (χ0) is 18.3. The molecule has 2 N–H and O–H groups in total. The largest absolute Gasteiger partial charge is 0.381 e. The fourth-order valence-electron chi connectivity index (χ4n) is 2.81. The monoisotopic (exact) mass is 499 g/mol. The number of hydrogen-bond donors (Lipinski definition) is 2. The summed E-state index contributed by atoms with van der Waals surface area (Å²) in [6.45, 7) is 4.02. The van der Waals surface area contributed by atoms with Crippen LogP contribution in [0, 0.1) is 5.82 Å². The predicted octanol–water partition coefficient (Wildman–Crippen LogP) is 2.09. The van der Waals surface area contributed by atoms with Crippen molar-refractivity contribution in [2.24, 2.45) is 4.99 Å². The molecule has 0 spiro atoms. The van der Waals surface area contributed by atoms with E-state index in [2.05, 4.69) is 15.6 Å². The lowest BCUT2D eigenvalue weighted by molar-refractivity contribution is 0.0756. The number of nitrogens with zero attached hydrogens (tertiary/aromatic N) is 1. The molecule has 1 fully saturated rings. The van der Waals surface area contributed by atoms with Gasteiger partial charge in [-0.1, -0.05) is 12.1 Å². The minimum Gasteiger partial charge on any atom is -0.381 e. The van der Waals surface area contributed by atoms with Crippen LogP contribution in [0.1, 0.15) is 25.3 Å². The molecule has 1 saturated heterocycles. The maximum Gasteiger partial charge on any atom is 0.191 e. The summed E-state index contributed by atoms with van der Waals surface area (Å²) in [6, 6.07) is 6.26. The van der Waals surface area contributed by atoms with Crippen LogP contribution in [0.3, 0.4) is 0 Å². The number of halogens is 2. The Bertz CT molecular complexity index is 707. The Kier molecular flexibility index (Phi) is 9.25. The van der Waals surface area contributed by atoms with Crippen LogP contribution in [0.25, 0.3) is 0 Å². The normalized spacial score (nSPS) is 17.3. The molecular formula is C17H27FIN3O3S. The van der Waals surface area contributed by atoms with Crippen LogP contribution in [0.5, 0.6) is 0 Å². The summed E-state index contributed by atoms with van der Waals surface area (Å²) >= 11 is 0. The van der Waals surface area contributed by atoms with Crippen molar-refractivity contribution < 1.29 is 17.5 Å². The van der Waals surface area contributed by atoms with Gasteiger partial charge in [0.15, 0.2) is 15.8 Å². The molecule has 0 aromatic heterocycles. The lowest BCUT2D eigenvalue weighted by atomic mass is 9.99. The van der Waals surface area contributed by atoms with Gasteiger partial charge < -0.3 is 15.4 Å².